The van der Waals surface area contributed by atoms with Gasteiger partial charge in [-0.25, -0.2) is 13.2 Å². The van der Waals surface area contributed by atoms with Crippen LogP contribution in [0.25, 0.3) is 0 Å². The number of rotatable bonds is 3. The Morgan fingerprint density at radius 3 is 2.50 bits per heavy atom. The van der Waals surface area contributed by atoms with Crippen molar-refractivity contribution < 1.29 is 17.9 Å². The van der Waals surface area contributed by atoms with E-state index in [2.05, 4.69) is 15.9 Å². The Labute approximate surface area is 164 Å². The number of benzene rings is 1. The minimum absolute atomic E-state index is 0.304. The monoisotopic (exact) mass is 443 g/mol. The topological polar surface area (TPSA) is 63.7 Å². The number of carbonyl (C=O) groups is 1. The highest BCUT2D eigenvalue weighted by molar-refractivity contribution is 9.10. The van der Waals surface area contributed by atoms with E-state index in [0.29, 0.717) is 13.0 Å². The van der Waals surface area contributed by atoms with Gasteiger partial charge in [-0.2, -0.15) is 0 Å². The highest BCUT2D eigenvalue weighted by atomic mass is 79.9. The number of amides is 1. The molecule has 1 heterocycles. The molecule has 2 aliphatic rings. The van der Waals surface area contributed by atoms with Gasteiger partial charge >= 0.3 is 6.09 Å². The van der Waals surface area contributed by atoms with Crippen LogP contribution in [0.2, 0.25) is 0 Å². The van der Waals surface area contributed by atoms with Crippen molar-refractivity contribution in [1.29, 1.82) is 0 Å². The summed E-state index contributed by atoms with van der Waals surface area (Å²) < 4.78 is 31.8. The van der Waals surface area contributed by atoms with Crippen LogP contribution in [0.3, 0.4) is 0 Å². The van der Waals surface area contributed by atoms with Gasteiger partial charge in [0.25, 0.3) is 0 Å². The molecule has 2 fully saturated rings. The van der Waals surface area contributed by atoms with Crippen LogP contribution in [-0.2, 0) is 21.0 Å². The van der Waals surface area contributed by atoms with E-state index in [1.165, 1.54) is 6.26 Å². The Morgan fingerprint density at radius 1 is 1.35 bits per heavy atom. The molecule has 1 aromatic rings. The summed E-state index contributed by atoms with van der Waals surface area (Å²) in [6.45, 7) is 5.93. The Morgan fingerprint density at radius 2 is 2.00 bits per heavy atom. The number of hydrogen-bond donors (Lipinski definition) is 0. The van der Waals surface area contributed by atoms with Crippen molar-refractivity contribution >= 4 is 31.9 Å². The third-order valence-corrected chi connectivity index (χ3v) is 7.38. The predicted octanol–water partition coefficient (Wildman–Crippen LogP) is 3.80. The minimum Gasteiger partial charge on any atom is -0.444 e. The molecule has 0 aromatic heterocycles. The number of sulfone groups is 1. The summed E-state index contributed by atoms with van der Waals surface area (Å²) in [7, 11) is -3.30. The third kappa shape index (κ3) is 4.09. The van der Waals surface area contributed by atoms with Gasteiger partial charge in [0, 0.05) is 22.7 Å². The lowest BCUT2D eigenvalue weighted by atomic mass is 9.97. The van der Waals surface area contributed by atoms with E-state index in [9.17, 15) is 13.2 Å². The van der Waals surface area contributed by atoms with E-state index in [0.717, 1.165) is 22.9 Å². The molecule has 0 bridgehead atoms. The molecule has 1 saturated carbocycles. The zero-order chi connectivity index (χ0) is 19.3. The Balaban J connectivity index is 1.96. The fourth-order valence-electron chi connectivity index (χ4n) is 4.10. The SMILES string of the molecule is CC(C)(C)OC(=O)N1CC2(CC2)C(S(C)(=O)=O)C1Cc1cccc(Br)c1. The molecule has 1 aliphatic heterocycles. The molecule has 1 spiro atoms. The van der Waals surface area contributed by atoms with Crippen molar-refractivity contribution in [1.82, 2.24) is 4.90 Å². The van der Waals surface area contributed by atoms with Gasteiger partial charge < -0.3 is 9.64 Å². The van der Waals surface area contributed by atoms with Gasteiger partial charge in [0.2, 0.25) is 0 Å². The highest BCUT2D eigenvalue weighted by Crippen LogP contribution is 2.57. The molecule has 1 aromatic carbocycles. The number of halogens is 1. The smallest absolute Gasteiger partial charge is 0.410 e. The summed E-state index contributed by atoms with van der Waals surface area (Å²) in [4.78, 5) is 14.5. The fourth-order valence-corrected chi connectivity index (χ4v) is 6.58. The molecule has 1 amide bonds. The Bertz CT molecular complexity index is 811. The molecular formula is C19H26BrNO4S. The van der Waals surface area contributed by atoms with E-state index in [1.807, 2.05) is 45.0 Å². The first-order valence-electron chi connectivity index (χ1n) is 8.84. The average Bonchev–Trinajstić information content (AvgIpc) is 3.12. The van der Waals surface area contributed by atoms with Crippen LogP contribution in [0.5, 0.6) is 0 Å². The summed E-state index contributed by atoms with van der Waals surface area (Å²) in [5.74, 6) is 0. The van der Waals surface area contributed by atoms with Gasteiger partial charge in [-0.1, -0.05) is 28.1 Å². The van der Waals surface area contributed by atoms with Crippen molar-refractivity contribution in [2.45, 2.75) is 56.9 Å². The lowest BCUT2D eigenvalue weighted by Crippen LogP contribution is -2.45. The van der Waals surface area contributed by atoms with Crippen molar-refractivity contribution in [2.75, 3.05) is 12.8 Å². The number of carbonyl (C=O) groups excluding carboxylic acids is 1. The number of ether oxygens (including phenoxy) is 1. The van der Waals surface area contributed by atoms with Crippen molar-refractivity contribution in [3.63, 3.8) is 0 Å². The number of hydrogen-bond acceptors (Lipinski definition) is 4. The summed E-state index contributed by atoms with van der Waals surface area (Å²) in [5, 5.41) is -0.540. The normalized spacial score (nSPS) is 24.7. The van der Waals surface area contributed by atoms with Crippen molar-refractivity contribution in [2.24, 2.45) is 5.41 Å². The first-order chi connectivity index (χ1) is 11.9. The highest BCUT2D eigenvalue weighted by Gasteiger charge is 2.64. The van der Waals surface area contributed by atoms with Crippen LogP contribution in [0.1, 0.15) is 39.2 Å². The molecule has 5 nitrogen and oxygen atoms in total. The fraction of sp³-hybridized carbons (Fsp3) is 0.632. The van der Waals surface area contributed by atoms with Crippen LogP contribution >= 0.6 is 15.9 Å². The van der Waals surface area contributed by atoms with Crippen LogP contribution in [0, 0.1) is 5.41 Å². The molecular weight excluding hydrogens is 418 g/mol. The maximum Gasteiger partial charge on any atom is 0.410 e. The van der Waals surface area contributed by atoms with E-state index < -0.39 is 32.8 Å². The molecule has 0 radical (unpaired) electrons. The maximum atomic E-state index is 12.8. The van der Waals surface area contributed by atoms with E-state index in [-0.39, 0.29) is 5.41 Å². The third-order valence-electron chi connectivity index (χ3n) is 5.15. The minimum atomic E-state index is -3.30. The second-order valence-electron chi connectivity index (χ2n) is 8.62. The maximum absolute atomic E-state index is 12.8. The molecule has 1 saturated heterocycles. The summed E-state index contributed by atoms with van der Waals surface area (Å²) in [5.41, 5.74) is 0.0858. The van der Waals surface area contributed by atoms with Gasteiger partial charge in [-0.05, 0) is 57.7 Å². The standard InChI is InChI=1S/C19H26BrNO4S/c1-18(2,3)25-17(22)21-12-19(8-9-19)16(26(4,23)24)15(21)11-13-6-5-7-14(20)10-13/h5-7,10,15-16H,8-9,11-12H2,1-4H3. The van der Waals surface area contributed by atoms with Crippen molar-refractivity contribution in [3.05, 3.63) is 34.3 Å². The molecule has 26 heavy (non-hydrogen) atoms. The molecule has 3 rings (SSSR count). The first kappa shape index (κ1) is 19.7. The Hall–Kier alpha value is -1.08. The summed E-state index contributed by atoms with van der Waals surface area (Å²) >= 11 is 3.46. The quantitative estimate of drug-likeness (QED) is 0.712. The lowest BCUT2D eigenvalue weighted by molar-refractivity contribution is 0.0221. The zero-order valence-corrected chi connectivity index (χ0v) is 18.1. The molecule has 1 aliphatic carbocycles. The van der Waals surface area contributed by atoms with Gasteiger partial charge in [-0.3, -0.25) is 0 Å². The van der Waals surface area contributed by atoms with Gasteiger partial charge in [0.15, 0.2) is 9.84 Å². The first-order valence-corrected chi connectivity index (χ1v) is 11.6. The van der Waals surface area contributed by atoms with Crippen LogP contribution in [-0.4, -0.2) is 49.1 Å². The van der Waals surface area contributed by atoms with Gasteiger partial charge in [0.1, 0.15) is 5.60 Å². The molecule has 7 heteroatoms. The molecule has 2 unspecified atom stereocenters. The molecule has 0 N–H and O–H groups in total. The van der Waals surface area contributed by atoms with E-state index >= 15 is 0 Å². The summed E-state index contributed by atoms with van der Waals surface area (Å²) in [6, 6.07) is 7.39. The second-order valence-corrected chi connectivity index (χ2v) is 11.7. The van der Waals surface area contributed by atoms with Gasteiger partial charge in [-0.15, -0.1) is 0 Å². The van der Waals surface area contributed by atoms with Crippen LogP contribution in [0.15, 0.2) is 28.7 Å². The number of nitrogens with zero attached hydrogens (tertiary/aromatic N) is 1. The van der Waals surface area contributed by atoms with Crippen LogP contribution < -0.4 is 0 Å². The lowest BCUT2D eigenvalue weighted by Gasteiger charge is -2.30. The molecule has 144 valence electrons. The number of likely N-dealkylation sites (tertiary alicyclic amines) is 1. The second kappa shape index (κ2) is 6.51. The Kier molecular flexibility index (Phi) is 4.93. The van der Waals surface area contributed by atoms with Crippen LogP contribution in [0.4, 0.5) is 4.79 Å². The average molecular weight is 444 g/mol. The predicted molar refractivity (Wildman–Crippen MR) is 105 cm³/mol. The summed E-state index contributed by atoms with van der Waals surface area (Å²) in [6.07, 6.45) is 3.07. The molecule has 2 atom stereocenters. The van der Waals surface area contributed by atoms with Gasteiger partial charge in [0.05, 0.1) is 11.3 Å². The zero-order valence-electron chi connectivity index (χ0n) is 15.7. The van der Waals surface area contributed by atoms with E-state index in [1.54, 1.807) is 4.90 Å². The van der Waals surface area contributed by atoms with E-state index in [4.69, 9.17) is 4.74 Å². The largest absolute Gasteiger partial charge is 0.444 e. The van der Waals surface area contributed by atoms with Crippen molar-refractivity contribution in [3.8, 4) is 0 Å².